The van der Waals surface area contributed by atoms with Crippen LogP contribution in [0.2, 0.25) is 0 Å². The van der Waals surface area contributed by atoms with Crippen molar-refractivity contribution in [2.75, 3.05) is 0 Å². The van der Waals surface area contributed by atoms with Gasteiger partial charge in [-0.2, -0.15) is 4.99 Å². The van der Waals surface area contributed by atoms with E-state index in [1.165, 1.54) is 0 Å². The van der Waals surface area contributed by atoms with Gasteiger partial charge in [0, 0.05) is 0 Å². The SMILES string of the molecule is O=C1CC(=O)N(Oc2ccccc2)C=N1. The maximum absolute atomic E-state index is 11.3. The zero-order chi connectivity index (χ0) is 10.7. The van der Waals surface area contributed by atoms with Gasteiger partial charge in [-0.25, -0.2) is 0 Å². The van der Waals surface area contributed by atoms with E-state index in [4.69, 9.17) is 4.84 Å². The van der Waals surface area contributed by atoms with Crippen molar-refractivity contribution < 1.29 is 14.4 Å². The van der Waals surface area contributed by atoms with Crippen LogP contribution in [0.3, 0.4) is 0 Å². The number of nitrogens with zero attached hydrogens (tertiary/aromatic N) is 2. The molecule has 0 unspecified atom stereocenters. The molecule has 2 amide bonds. The Bertz CT molecular complexity index is 414. The van der Waals surface area contributed by atoms with E-state index in [0.29, 0.717) is 5.75 Å². The maximum Gasteiger partial charge on any atom is 0.270 e. The van der Waals surface area contributed by atoms with Crippen molar-refractivity contribution in [3.63, 3.8) is 0 Å². The highest BCUT2D eigenvalue weighted by molar-refractivity contribution is 6.07. The highest BCUT2D eigenvalue weighted by Crippen LogP contribution is 2.11. The molecular weight excluding hydrogens is 196 g/mol. The van der Waals surface area contributed by atoms with Crippen LogP contribution in [0.15, 0.2) is 35.3 Å². The van der Waals surface area contributed by atoms with Gasteiger partial charge in [-0.3, -0.25) is 9.59 Å². The first kappa shape index (κ1) is 9.39. The molecule has 5 heteroatoms. The van der Waals surface area contributed by atoms with Crippen molar-refractivity contribution in [2.24, 2.45) is 4.99 Å². The van der Waals surface area contributed by atoms with Gasteiger partial charge in [0.05, 0.1) is 0 Å². The molecular formula is C10H8N2O3. The van der Waals surface area contributed by atoms with Gasteiger partial charge in [-0.1, -0.05) is 18.2 Å². The smallest absolute Gasteiger partial charge is 0.270 e. The average Bonchev–Trinajstić information content (AvgIpc) is 2.24. The lowest BCUT2D eigenvalue weighted by molar-refractivity contribution is -0.147. The van der Waals surface area contributed by atoms with Crippen LogP contribution in [0.25, 0.3) is 0 Å². The second kappa shape index (κ2) is 3.91. The highest BCUT2D eigenvalue weighted by atomic mass is 16.7. The molecule has 0 atom stereocenters. The fraction of sp³-hybridized carbons (Fsp3) is 0.100. The molecule has 0 saturated heterocycles. The molecule has 0 bridgehead atoms. The molecule has 5 nitrogen and oxygen atoms in total. The summed E-state index contributed by atoms with van der Waals surface area (Å²) in [6, 6.07) is 8.82. The van der Waals surface area contributed by atoms with Crippen molar-refractivity contribution in [2.45, 2.75) is 6.42 Å². The fourth-order valence-electron chi connectivity index (χ4n) is 1.10. The Morgan fingerprint density at radius 1 is 1.20 bits per heavy atom. The Morgan fingerprint density at radius 2 is 1.93 bits per heavy atom. The summed E-state index contributed by atoms with van der Waals surface area (Å²) in [6.07, 6.45) is 0.838. The van der Waals surface area contributed by atoms with Crippen LogP contribution in [0, 0.1) is 0 Å². The third-order valence-corrected chi connectivity index (χ3v) is 1.80. The summed E-state index contributed by atoms with van der Waals surface area (Å²) in [6.45, 7) is 0. The molecule has 2 rings (SSSR count). The van der Waals surface area contributed by atoms with Gasteiger partial charge in [-0.05, 0) is 12.1 Å². The quantitative estimate of drug-likeness (QED) is 0.668. The standard InChI is InChI=1S/C10H8N2O3/c13-9-6-10(14)12(7-11-9)15-8-4-2-1-3-5-8/h1-5,7H,6H2. The molecule has 15 heavy (non-hydrogen) atoms. The van der Waals surface area contributed by atoms with Crippen molar-refractivity contribution in [3.8, 4) is 5.75 Å². The van der Waals surface area contributed by atoms with E-state index in [1.807, 2.05) is 6.07 Å². The van der Waals surface area contributed by atoms with Crippen molar-refractivity contribution >= 4 is 18.2 Å². The summed E-state index contributed by atoms with van der Waals surface area (Å²) in [5, 5.41) is 0.955. The molecule has 0 aromatic heterocycles. The van der Waals surface area contributed by atoms with Crippen LogP contribution in [0.5, 0.6) is 5.75 Å². The molecule has 1 aromatic carbocycles. The Balaban J connectivity index is 2.10. The minimum absolute atomic E-state index is 0.247. The Hall–Kier alpha value is -2.17. The molecule has 0 radical (unpaired) electrons. The van der Waals surface area contributed by atoms with Gasteiger partial charge in [0.25, 0.3) is 11.8 Å². The van der Waals surface area contributed by atoms with Gasteiger partial charge in [-0.15, -0.1) is 5.06 Å². The number of aliphatic imine (C=N–C) groups is 1. The normalized spacial score (nSPS) is 15.6. The Kier molecular flexibility index (Phi) is 2.45. The number of hydrogen-bond donors (Lipinski definition) is 0. The van der Waals surface area contributed by atoms with Crippen LogP contribution >= 0.6 is 0 Å². The number of carbonyl (C=O) groups excluding carboxylic acids is 2. The Labute approximate surface area is 85.9 Å². The lowest BCUT2D eigenvalue weighted by Crippen LogP contribution is -2.37. The third-order valence-electron chi connectivity index (χ3n) is 1.80. The van der Waals surface area contributed by atoms with E-state index in [0.717, 1.165) is 11.4 Å². The fourth-order valence-corrected chi connectivity index (χ4v) is 1.10. The van der Waals surface area contributed by atoms with Crippen LogP contribution in [-0.4, -0.2) is 23.2 Å². The first-order chi connectivity index (χ1) is 7.25. The second-order valence-corrected chi connectivity index (χ2v) is 2.94. The first-order valence-corrected chi connectivity index (χ1v) is 4.38. The second-order valence-electron chi connectivity index (χ2n) is 2.94. The topological polar surface area (TPSA) is 59.0 Å². The number of hydrogen-bond acceptors (Lipinski definition) is 3. The molecule has 1 aromatic rings. The molecule has 0 fully saturated rings. The summed E-state index contributed by atoms with van der Waals surface area (Å²) >= 11 is 0. The highest BCUT2D eigenvalue weighted by Gasteiger charge is 2.21. The van der Waals surface area contributed by atoms with E-state index in [-0.39, 0.29) is 6.42 Å². The number of amides is 2. The number of benzene rings is 1. The van der Waals surface area contributed by atoms with Crippen LogP contribution in [0.1, 0.15) is 6.42 Å². The number of hydroxylamine groups is 2. The largest absolute Gasteiger partial charge is 0.371 e. The molecule has 1 aliphatic heterocycles. The van der Waals surface area contributed by atoms with Gasteiger partial charge in [0.15, 0.2) is 5.75 Å². The lowest BCUT2D eigenvalue weighted by Gasteiger charge is -2.19. The summed E-state index contributed by atoms with van der Waals surface area (Å²) in [5.41, 5.74) is 0. The van der Waals surface area contributed by atoms with E-state index in [1.54, 1.807) is 24.3 Å². The van der Waals surface area contributed by atoms with E-state index < -0.39 is 11.8 Å². The number of para-hydroxylation sites is 1. The summed E-state index contributed by atoms with van der Waals surface area (Å²) in [5.74, 6) is -0.349. The van der Waals surface area contributed by atoms with Crippen molar-refractivity contribution in [3.05, 3.63) is 30.3 Å². The zero-order valence-corrected chi connectivity index (χ0v) is 7.79. The monoisotopic (exact) mass is 204 g/mol. The first-order valence-electron chi connectivity index (χ1n) is 4.38. The van der Waals surface area contributed by atoms with Crippen LogP contribution in [-0.2, 0) is 9.59 Å². The number of carbonyl (C=O) groups is 2. The van der Waals surface area contributed by atoms with Gasteiger partial charge in [0.2, 0.25) is 0 Å². The van der Waals surface area contributed by atoms with Gasteiger partial charge < -0.3 is 4.84 Å². The maximum atomic E-state index is 11.3. The lowest BCUT2D eigenvalue weighted by atomic mass is 10.3. The van der Waals surface area contributed by atoms with Crippen molar-refractivity contribution in [1.29, 1.82) is 0 Å². The number of rotatable bonds is 2. The molecule has 0 spiro atoms. The average molecular weight is 204 g/mol. The van der Waals surface area contributed by atoms with Crippen molar-refractivity contribution in [1.82, 2.24) is 5.06 Å². The van der Waals surface area contributed by atoms with E-state index >= 15 is 0 Å². The van der Waals surface area contributed by atoms with Crippen LogP contribution in [0.4, 0.5) is 0 Å². The van der Waals surface area contributed by atoms with Crippen LogP contribution < -0.4 is 4.84 Å². The molecule has 0 aliphatic carbocycles. The molecule has 76 valence electrons. The predicted molar refractivity (Wildman–Crippen MR) is 52.0 cm³/mol. The Morgan fingerprint density at radius 3 is 2.60 bits per heavy atom. The summed E-state index contributed by atoms with van der Waals surface area (Å²) in [4.78, 5) is 30.7. The van der Waals surface area contributed by atoms with Gasteiger partial charge >= 0.3 is 0 Å². The minimum atomic E-state index is -0.451. The molecule has 0 saturated carbocycles. The van der Waals surface area contributed by atoms with E-state index in [9.17, 15) is 9.59 Å². The minimum Gasteiger partial charge on any atom is -0.371 e. The molecule has 1 aliphatic rings. The third kappa shape index (κ3) is 2.19. The predicted octanol–water partition coefficient (Wildman–Crippen LogP) is 0.768. The van der Waals surface area contributed by atoms with Gasteiger partial charge in [0.1, 0.15) is 12.8 Å². The molecule has 0 N–H and O–H groups in total. The summed E-state index contributed by atoms with van der Waals surface area (Å²) in [7, 11) is 0. The van der Waals surface area contributed by atoms with E-state index in [2.05, 4.69) is 4.99 Å². The molecule has 1 heterocycles. The summed E-state index contributed by atoms with van der Waals surface area (Å²) < 4.78 is 0. The zero-order valence-electron chi connectivity index (χ0n) is 7.79.